The largest absolute Gasteiger partial charge is 0.497 e. The van der Waals surface area contributed by atoms with E-state index < -0.39 is 0 Å². The zero-order valence-electron chi connectivity index (χ0n) is 14.7. The van der Waals surface area contributed by atoms with Crippen LogP contribution in [0.15, 0.2) is 66.8 Å². The van der Waals surface area contributed by atoms with Gasteiger partial charge in [0.05, 0.1) is 14.2 Å². The molecule has 5 rings (SSSR count). The molecule has 0 saturated carbocycles. The van der Waals surface area contributed by atoms with Crippen molar-refractivity contribution in [2.24, 2.45) is 5.92 Å². The summed E-state index contributed by atoms with van der Waals surface area (Å²) in [6, 6.07) is 17.1. The second-order valence-corrected chi connectivity index (χ2v) is 9.91. The number of hydrogen-bond donors (Lipinski definition) is 0. The van der Waals surface area contributed by atoms with Crippen molar-refractivity contribution in [3.8, 4) is 11.5 Å². The van der Waals surface area contributed by atoms with Gasteiger partial charge in [-0.1, -0.05) is 36.4 Å². The lowest BCUT2D eigenvalue weighted by Crippen LogP contribution is -2.23. The van der Waals surface area contributed by atoms with E-state index >= 15 is 0 Å². The fourth-order valence-electron chi connectivity index (χ4n) is 4.08. The Morgan fingerprint density at radius 2 is 1.46 bits per heavy atom. The maximum Gasteiger partial charge on any atom is 0.118 e. The summed E-state index contributed by atoms with van der Waals surface area (Å²) in [7, 11) is 3.43. The summed E-state index contributed by atoms with van der Waals surface area (Å²) >= 11 is 4.19. The van der Waals surface area contributed by atoms with Crippen molar-refractivity contribution in [2.75, 3.05) is 14.2 Å². The van der Waals surface area contributed by atoms with E-state index in [1.807, 2.05) is 0 Å². The molecule has 132 valence electrons. The molecule has 0 aromatic heterocycles. The molecule has 0 amide bonds. The van der Waals surface area contributed by atoms with Gasteiger partial charge >= 0.3 is 0 Å². The van der Waals surface area contributed by atoms with Crippen LogP contribution in [0.5, 0.6) is 11.5 Å². The molecule has 2 aliphatic heterocycles. The molecule has 0 radical (unpaired) electrons. The number of thioether (sulfide) groups is 2. The molecule has 2 heterocycles. The lowest BCUT2D eigenvalue weighted by molar-refractivity contribution is 0.414. The predicted octanol–water partition coefficient (Wildman–Crippen LogP) is 5.36. The van der Waals surface area contributed by atoms with Crippen molar-refractivity contribution < 1.29 is 9.47 Å². The number of hydrogen-bond acceptors (Lipinski definition) is 4. The molecule has 1 fully saturated rings. The molecule has 26 heavy (non-hydrogen) atoms. The Bertz CT molecular complexity index is 885. The molecule has 2 aromatic carbocycles. The third-order valence-corrected chi connectivity index (χ3v) is 9.17. The lowest BCUT2D eigenvalue weighted by Gasteiger charge is -2.34. The summed E-state index contributed by atoms with van der Waals surface area (Å²) < 4.78 is 10.7. The molecule has 4 atom stereocenters. The second-order valence-electron chi connectivity index (χ2n) is 6.80. The Morgan fingerprint density at radius 3 is 2.12 bits per heavy atom. The number of benzene rings is 2. The summed E-state index contributed by atoms with van der Waals surface area (Å²) in [6.07, 6.45) is 7.31. The molecule has 4 heteroatoms. The van der Waals surface area contributed by atoms with Crippen LogP contribution in [0.3, 0.4) is 0 Å². The van der Waals surface area contributed by atoms with Crippen molar-refractivity contribution in [3.05, 3.63) is 77.9 Å². The number of ether oxygens (including phenoxy) is 2. The third kappa shape index (κ3) is 2.43. The van der Waals surface area contributed by atoms with E-state index in [9.17, 15) is 0 Å². The first kappa shape index (κ1) is 16.4. The zero-order chi connectivity index (χ0) is 17.7. The van der Waals surface area contributed by atoms with E-state index in [1.54, 1.807) is 14.2 Å². The Kier molecular flexibility index (Phi) is 3.87. The summed E-state index contributed by atoms with van der Waals surface area (Å²) in [5.41, 5.74) is 4.09. The summed E-state index contributed by atoms with van der Waals surface area (Å²) in [5, 5.41) is 1.20. The van der Waals surface area contributed by atoms with Crippen molar-refractivity contribution in [1.82, 2.24) is 0 Å². The Balaban J connectivity index is 1.60. The van der Waals surface area contributed by atoms with Gasteiger partial charge in [0.1, 0.15) is 15.6 Å². The van der Waals surface area contributed by atoms with Crippen LogP contribution in [0.2, 0.25) is 0 Å². The zero-order valence-corrected chi connectivity index (χ0v) is 16.3. The van der Waals surface area contributed by atoms with Gasteiger partial charge in [-0.3, -0.25) is 0 Å². The molecule has 2 bridgehead atoms. The van der Waals surface area contributed by atoms with Gasteiger partial charge < -0.3 is 9.47 Å². The van der Waals surface area contributed by atoms with Crippen molar-refractivity contribution in [3.63, 3.8) is 0 Å². The van der Waals surface area contributed by atoms with Crippen LogP contribution in [-0.4, -0.2) is 24.7 Å². The first-order valence-electron chi connectivity index (χ1n) is 8.78. The molecule has 2 aromatic rings. The molecule has 2 nitrogen and oxygen atoms in total. The van der Waals surface area contributed by atoms with Crippen LogP contribution in [0.25, 0.3) is 5.57 Å². The van der Waals surface area contributed by atoms with Gasteiger partial charge in [0.2, 0.25) is 0 Å². The van der Waals surface area contributed by atoms with Gasteiger partial charge in [-0.25, -0.2) is 0 Å². The predicted molar refractivity (Wildman–Crippen MR) is 111 cm³/mol. The normalized spacial score (nSPS) is 31.0. The molecular weight excluding hydrogens is 360 g/mol. The highest BCUT2D eigenvalue weighted by molar-refractivity contribution is 8.21. The van der Waals surface area contributed by atoms with Crippen molar-refractivity contribution in [1.29, 1.82) is 0 Å². The summed E-state index contributed by atoms with van der Waals surface area (Å²) in [4.78, 5) is 0. The van der Waals surface area contributed by atoms with E-state index in [0.29, 0.717) is 16.4 Å². The first-order chi connectivity index (χ1) is 12.7. The number of methoxy groups -OCH3 is 2. The highest BCUT2D eigenvalue weighted by Gasteiger charge is 2.54. The smallest absolute Gasteiger partial charge is 0.118 e. The molecular formula is C22H20O2S2. The lowest BCUT2D eigenvalue weighted by atomic mass is 9.89. The number of fused-ring (bicyclic) bond motifs is 1. The average molecular weight is 381 g/mol. The van der Waals surface area contributed by atoms with Crippen LogP contribution < -0.4 is 9.47 Å². The van der Waals surface area contributed by atoms with E-state index in [2.05, 4.69) is 90.3 Å². The van der Waals surface area contributed by atoms with Crippen molar-refractivity contribution >= 4 is 29.1 Å². The van der Waals surface area contributed by atoms with Crippen LogP contribution in [-0.2, 0) is 4.08 Å². The topological polar surface area (TPSA) is 18.5 Å². The van der Waals surface area contributed by atoms with Crippen molar-refractivity contribution in [2.45, 2.75) is 14.6 Å². The van der Waals surface area contributed by atoms with Crippen LogP contribution in [0.4, 0.5) is 0 Å². The van der Waals surface area contributed by atoms with Crippen LogP contribution in [0.1, 0.15) is 11.1 Å². The summed E-state index contributed by atoms with van der Waals surface area (Å²) in [5.74, 6) is 2.31. The SMILES string of the molecule is COc1ccc(C2=C[C@]3(c4ccc(OC)cc4)SC4[C@@H]2C=C[C@H]4S3)cc1. The molecule has 1 unspecified atom stereocenters. The molecule has 1 aliphatic carbocycles. The minimum Gasteiger partial charge on any atom is -0.497 e. The van der Waals surface area contributed by atoms with Gasteiger partial charge in [-0.05, 0) is 47.0 Å². The first-order valence-corrected chi connectivity index (χ1v) is 10.5. The second kappa shape index (κ2) is 6.14. The average Bonchev–Trinajstić information content (AvgIpc) is 3.22. The molecule has 3 aliphatic rings. The van der Waals surface area contributed by atoms with Crippen LogP contribution in [0, 0.1) is 5.92 Å². The number of allylic oxidation sites excluding steroid dienone is 2. The summed E-state index contributed by atoms with van der Waals surface area (Å²) in [6.45, 7) is 0. The maximum absolute atomic E-state index is 5.34. The molecule has 0 spiro atoms. The van der Waals surface area contributed by atoms with Gasteiger partial charge in [0.25, 0.3) is 0 Å². The highest BCUT2D eigenvalue weighted by atomic mass is 32.2. The Morgan fingerprint density at radius 1 is 0.808 bits per heavy atom. The van der Waals surface area contributed by atoms with E-state index in [1.165, 1.54) is 16.7 Å². The maximum atomic E-state index is 5.34. The van der Waals surface area contributed by atoms with Crippen LogP contribution >= 0.6 is 23.5 Å². The fourth-order valence-corrected chi connectivity index (χ4v) is 8.13. The monoisotopic (exact) mass is 380 g/mol. The minimum absolute atomic E-state index is 0.0157. The number of rotatable bonds is 4. The highest BCUT2D eigenvalue weighted by Crippen LogP contribution is 2.68. The Labute approximate surface area is 162 Å². The fraction of sp³-hybridized carbons (Fsp3) is 0.273. The van der Waals surface area contributed by atoms with Gasteiger partial charge in [0, 0.05) is 16.4 Å². The van der Waals surface area contributed by atoms with Gasteiger partial charge in [-0.15, -0.1) is 23.5 Å². The minimum atomic E-state index is -0.0157. The molecule has 0 N–H and O–H groups in total. The quantitative estimate of drug-likeness (QED) is 0.665. The third-order valence-electron chi connectivity index (χ3n) is 5.43. The van der Waals surface area contributed by atoms with Gasteiger partial charge in [-0.2, -0.15) is 0 Å². The van der Waals surface area contributed by atoms with E-state index in [4.69, 9.17) is 9.47 Å². The van der Waals surface area contributed by atoms with Gasteiger partial charge in [0.15, 0.2) is 0 Å². The molecule has 1 saturated heterocycles. The standard InChI is InChI=1S/C22H20O2S2/c1-23-16-7-3-14(4-8-16)19-13-22(15-5-9-17(24-2)10-6-15)25-20-12-11-18(19)21(20)26-22/h3-13,18,20-21H,1-2H3/t18-,20-,21?,22-/m1/s1. The Hall–Kier alpha value is -1.78. The van der Waals surface area contributed by atoms with E-state index in [-0.39, 0.29) is 4.08 Å². The van der Waals surface area contributed by atoms with E-state index in [0.717, 1.165) is 11.5 Å².